The molecule has 1 heterocycles. The number of hydrogen-bond acceptors (Lipinski definition) is 4. The second kappa shape index (κ2) is 5.68. The van der Waals surface area contributed by atoms with E-state index in [-0.39, 0.29) is 0 Å². The molecule has 1 N–H and O–H groups in total. The quantitative estimate of drug-likeness (QED) is 0.498. The van der Waals surface area contributed by atoms with Crippen LogP contribution in [0.15, 0.2) is 42.1 Å². The summed E-state index contributed by atoms with van der Waals surface area (Å²) in [5, 5.41) is 5.12. The minimum absolute atomic E-state index is 0.706. The minimum Gasteiger partial charge on any atom is -0.366 e. The van der Waals surface area contributed by atoms with Gasteiger partial charge in [-0.25, -0.2) is 9.97 Å². The van der Waals surface area contributed by atoms with E-state index in [0.717, 1.165) is 27.6 Å². The van der Waals surface area contributed by atoms with Gasteiger partial charge in [-0.15, -0.1) is 6.58 Å². The lowest BCUT2D eigenvalue weighted by Crippen LogP contribution is -2.03. The number of nitrogens with one attached hydrogen (secondary N) is 1. The smallest absolute Gasteiger partial charge is 0.190 e. The summed E-state index contributed by atoms with van der Waals surface area (Å²) in [4.78, 5) is 9.04. The Labute approximate surface area is 105 Å². The molecule has 2 rings (SSSR count). The molecule has 0 aliphatic heterocycles. The zero-order valence-electron chi connectivity index (χ0n) is 9.81. The number of anilines is 1. The molecule has 1 aromatic heterocycles. The number of rotatable bonds is 5. The Bertz CT molecular complexity index is 525. The fraction of sp³-hybridized carbons (Fsp3) is 0.231. The summed E-state index contributed by atoms with van der Waals surface area (Å²) in [7, 11) is 0. The van der Waals surface area contributed by atoms with Crippen LogP contribution in [0.5, 0.6) is 0 Å². The second-order valence-electron chi connectivity index (χ2n) is 3.47. The summed E-state index contributed by atoms with van der Waals surface area (Å²) in [6.45, 7) is 6.51. The highest BCUT2D eigenvalue weighted by atomic mass is 32.2. The van der Waals surface area contributed by atoms with Gasteiger partial charge in [0.05, 0.1) is 5.52 Å². The van der Waals surface area contributed by atoms with Gasteiger partial charge < -0.3 is 5.32 Å². The van der Waals surface area contributed by atoms with Crippen molar-refractivity contribution in [2.75, 3.05) is 17.6 Å². The van der Waals surface area contributed by atoms with Gasteiger partial charge >= 0.3 is 0 Å². The molecular weight excluding hydrogens is 230 g/mol. The first-order chi connectivity index (χ1) is 8.35. The first-order valence-electron chi connectivity index (χ1n) is 5.59. The average Bonchev–Trinajstić information content (AvgIpc) is 2.36. The summed E-state index contributed by atoms with van der Waals surface area (Å²) in [5.74, 6) is 1.85. The molecule has 17 heavy (non-hydrogen) atoms. The van der Waals surface area contributed by atoms with E-state index in [4.69, 9.17) is 0 Å². The molecular formula is C13H15N3S. The number of hydrogen-bond donors (Lipinski definition) is 1. The van der Waals surface area contributed by atoms with E-state index < -0.39 is 0 Å². The highest BCUT2D eigenvalue weighted by molar-refractivity contribution is 7.99. The van der Waals surface area contributed by atoms with Crippen LogP contribution in [0.25, 0.3) is 10.9 Å². The maximum Gasteiger partial charge on any atom is 0.190 e. The standard InChI is InChI=1S/C13H15N3S/c1-3-9-14-12-10-7-5-6-8-11(10)15-13(16-12)17-4-2/h3,5-8H,1,4,9H2,2H3,(H,14,15,16). The Morgan fingerprint density at radius 2 is 2.18 bits per heavy atom. The van der Waals surface area contributed by atoms with Crippen molar-refractivity contribution in [2.45, 2.75) is 12.1 Å². The molecule has 0 spiro atoms. The van der Waals surface area contributed by atoms with Gasteiger partial charge in [0.15, 0.2) is 5.16 Å². The van der Waals surface area contributed by atoms with E-state index >= 15 is 0 Å². The minimum atomic E-state index is 0.706. The van der Waals surface area contributed by atoms with Gasteiger partial charge in [0.1, 0.15) is 5.82 Å². The lowest BCUT2D eigenvalue weighted by atomic mass is 10.2. The van der Waals surface area contributed by atoms with Gasteiger partial charge in [0, 0.05) is 11.9 Å². The van der Waals surface area contributed by atoms with Gasteiger partial charge in [0.2, 0.25) is 0 Å². The monoisotopic (exact) mass is 245 g/mol. The summed E-state index contributed by atoms with van der Waals surface area (Å²) in [6.07, 6.45) is 1.82. The van der Waals surface area contributed by atoms with Crippen LogP contribution in [0.4, 0.5) is 5.82 Å². The van der Waals surface area contributed by atoms with Crippen molar-refractivity contribution < 1.29 is 0 Å². The molecule has 3 nitrogen and oxygen atoms in total. The van der Waals surface area contributed by atoms with Crippen LogP contribution in [-0.4, -0.2) is 22.3 Å². The Morgan fingerprint density at radius 1 is 1.35 bits per heavy atom. The fourth-order valence-corrected chi connectivity index (χ4v) is 2.13. The molecule has 0 saturated carbocycles. The molecule has 88 valence electrons. The summed E-state index contributed by atoms with van der Waals surface area (Å²) < 4.78 is 0. The number of aromatic nitrogens is 2. The number of fused-ring (bicyclic) bond motifs is 1. The lowest BCUT2D eigenvalue weighted by molar-refractivity contribution is 0.999. The van der Waals surface area contributed by atoms with E-state index in [0.29, 0.717) is 6.54 Å². The third kappa shape index (κ3) is 2.77. The molecule has 0 aliphatic carbocycles. The molecule has 0 radical (unpaired) electrons. The third-order valence-electron chi connectivity index (χ3n) is 2.27. The van der Waals surface area contributed by atoms with E-state index in [1.807, 2.05) is 30.3 Å². The van der Waals surface area contributed by atoms with Gasteiger partial charge in [0.25, 0.3) is 0 Å². The molecule has 0 fully saturated rings. The van der Waals surface area contributed by atoms with Crippen molar-refractivity contribution >= 4 is 28.5 Å². The predicted octanol–water partition coefficient (Wildman–Crippen LogP) is 3.34. The van der Waals surface area contributed by atoms with E-state index in [1.54, 1.807) is 11.8 Å². The SMILES string of the molecule is C=CCNc1nc(SCC)nc2ccccc12. The first-order valence-corrected chi connectivity index (χ1v) is 6.58. The summed E-state index contributed by atoms with van der Waals surface area (Å²) in [5.41, 5.74) is 0.977. The molecule has 2 aromatic rings. The van der Waals surface area contributed by atoms with Crippen molar-refractivity contribution in [1.29, 1.82) is 0 Å². The van der Waals surface area contributed by atoms with Gasteiger partial charge in [-0.1, -0.05) is 36.9 Å². The van der Waals surface area contributed by atoms with Crippen LogP contribution < -0.4 is 5.32 Å². The Hall–Kier alpha value is -1.55. The molecule has 4 heteroatoms. The highest BCUT2D eigenvalue weighted by Gasteiger charge is 2.06. The Kier molecular flexibility index (Phi) is 3.98. The summed E-state index contributed by atoms with van der Waals surface area (Å²) >= 11 is 1.65. The Morgan fingerprint density at radius 3 is 2.94 bits per heavy atom. The molecule has 1 aromatic carbocycles. The van der Waals surface area contributed by atoms with Crippen LogP contribution >= 0.6 is 11.8 Å². The van der Waals surface area contributed by atoms with Gasteiger partial charge in [-0.2, -0.15) is 0 Å². The van der Waals surface area contributed by atoms with Crippen molar-refractivity contribution in [2.24, 2.45) is 0 Å². The number of benzene rings is 1. The largest absolute Gasteiger partial charge is 0.366 e. The van der Waals surface area contributed by atoms with E-state index in [1.165, 1.54) is 0 Å². The van der Waals surface area contributed by atoms with E-state index in [9.17, 15) is 0 Å². The normalized spacial score (nSPS) is 10.4. The second-order valence-corrected chi connectivity index (χ2v) is 4.71. The predicted molar refractivity (Wildman–Crippen MR) is 74.6 cm³/mol. The van der Waals surface area contributed by atoms with Crippen molar-refractivity contribution in [3.63, 3.8) is 0 Å². The number of nitrogens with zero attached hydrogens (tertiary/aromatic N) is 2. The zero-order chi connectivity index (χ0) is 12.1. The molecule has 0 aliphatic rings. The van der Waals surface area contributed by atoms with Crippen LogP contribution in [0, 0.1) is 0 Å². The molecule has 0 saturated heterocycles. The topological polar surface area (TPSA) is 37.8 Å². The average molecular weight is 245 g/mol. The van der Waals surface area contributed by atoms with Crippen LogP contribution in [0.2, 0.25) is 0 Å². The highest BCUT2D eigenvalue weighted by Crippen LogP contribution is 2.23. The van der Waals surface area contributed by atoms with Crippen molar-refractivity contribution in [3.05, 3.63) is 36.9 Å². The fourth-order valence-electron chi connectivity index (χ4n) is 1.55. The van der Waals surface area contributed by atoms with Crippen molar-refractivity contribution in [1.82, 2.24) is 9.97 Å². The van der Waals surface area contributed by atoms with Gasteiger partial charge in [-0.3, -0.25) is 0 Å². The number of thioether (sulfide) groups is 1. The zero-order valence-corrected chi connectivity index (χ0v) is 10.6. The van der Waals surface area contributed by atoms with Crippen LogP contribution in [-0.2, 0) is 0 Å². The molecule has 0 atom stereocenters. The maximum absolute atomic E-state index is 4.52. The molecule has 0 amide bonds. The molecule has 0 bridgehead atoms. The van der Waals surface area contributed by atoms with Gasteiger partial charge in [-0.05, 0) is 17.9 Å². The third-order valence-corrected chi connectivity index (χ3v) is 3.00. The van der Waals surface area contributed by atoms with Crippen LogP contribution in [0.1, 0.15) is 6.92 Å². The Balaban J connectivity index is 2.48. The van der Waals surface area contributed by atoms with Crippen LogP contribution in [0.3, 0.4) is 0 Å². The lowest BCUT2D eigenvalue weighted by Gasteiger charge is -2.08. The first kappa shape index (κ1) is 11.9. The molecule has 0 unspecified atom stereocenters. The maximum atomic E-state index is 4.52. The van der Waals surface area contributed by atoms with Crippen molar-refractivity contribution in [3.8, 4) is 0 Å². The van der Waals surface area contributed by atoms with E-state index in [2.05, 4.69) is 28.8 Å². The summed E-state index contributed by atoms with van der Waals surface area (Å²) in [6, 6.07) is 8.03. The number of para-hydroxylation sites is 1.